The maximum absolute atomic E-state index is 11.8. The Morgan fingerprint density at radius 3 is 2.50 bits per heavy atom. The Bertz CT molecular complexity index is 595. The van der Waals surface area contributed by atoms with Crippen LogP contribution in [0.3, 0.4) is 0 Å². The van der Waals surface area contributed by atoms with Crippen LogP contribution < -0.4 is 5.32 Å². The van der Waals surface area contributed by atoms with Crippen molar-refractivity contribution in [3.63, 3.8) is 0 Å². The molecule has 0 saturated heterocycles. The van der Waals surface area contributed by atoms with Crippen LogP contribution in [0.4, 0.5) is 0 Å². The summed E-state index contributed by atoms with van der Waals surface area (Å²) >= 11 is 0. The van der Waals surface area contributed by atoms with E-state index in [0.29, 0.717) is 12.5 Å². The molecule has 22 heavy (non-hydrogen) atoms. The zero-order valence-corrected chi connectivity index (χ0v) is 13.1. The van der Waals surface area contributed by atoms with E-state index in [1.807, 2.05) is 32.9 Å². The number of hydrogen-bond donors (Lipinski definition) is 1. The molecule has 0 unspecified atom stereocenters. The van der Waals surface area contributed by atoms with Gasteiger partial charge in [-0.05, 0) is 24.5 Å². The molecule has 5 nitrogen and oxygen atoms in total. The highest BCUT2D eigenvalue weighted by Crippen LogP contribution is 2.09. The van der Waals surface area contributed by atoms with Gasteiger partial charge in [0.15, 0.2) is 6.61 Å². The standard InChI is InChI=1S/C17H20N2O3/c1-12(2)10-19-16(20)11-22-17(21)15(9-18)8-14-6-4-13(3)5-7-14/h4-8,12H,10-11H2,1-3H3,(H,19,20)/b15-8+. The van der Waals surface area contributed by atoms with Crippen molar-refractivity contribution < 1.29 is 14.3 Å². The Hall–Kier alpha value is -2.61. The molecule has 0 aliphatic heterocycles. The van der Waals surface area contributed by atoms with E-state index < -0.39 is 12.6 Å². The Morgan fingerprint density at radius 1 is 1.32 bits per heavy atom. The number of nitrogens with one attached hydrogen (secondary N) is 1. The van der Waals surface area contributed by atoms with Crippen molar-refractivity contribution in [3.05, 3.63) is 41.0 Å². The molecule has 0 bridgehead atoms. The molecular weight excluding hydrogens is 280 g/mol. The molecule has 0 heterocycles. The zero-order chi connectivity index (χ0) is 16.5. The second-order valence-electron chi connectivity index (χ2n) is 5.35. The van der Waals surface area contributed by atoms with Gasteiger partial charge in [0, 0.05) is 6.54 Å². The lowest BCUT2D eigenvalue weighted by Crippen LogP contribution is -2.31. The van der Waals surface area contributed by atoms with Crippen LogP contribution >= 0.6 is 0 Å². The number of nitriles is 1. The molecule has 0 spiro atoms. The number of ether oxygens (including phenoxy) is 1. The predicted molar refractivity (Wildman–Crippen MR) is 83.6 cm³/mol. The molecular formula is C17H20N2O3. The predicted octanol–water partition coefficient (Wildman–Crippen LogP) is 2.22. The second-order valence-corrected chi connectivity index (χ2v) is 5.35. The van der Waals surface area contributed by atoms with Crippen LogP contribution in [-0.4, -0.2) is 25.0 Å². The van der Waals surface area contributed by atoms with Crippen molar-refractivity contribution in [2.24, 2.45) is 5.92 Å². The first-order chi connectivity index (χ1) is 10.4. The summed E-state index contributed by atoms with van der Waals surface area (Å²) in [7, 11) is 0. The van der Waals surface area contributed by atoms with Gasteiger partial charge in [-0.2, -0.15) is 5.26 Å². The number of carbonyl (C=O) groups is 2. The lowest BCUT2D eigenvalue weighted by Gasteiger charge is -2.08. The first kappa shape index (κ1) is 17.4. The lowest BCUT2D eigenvalue weighted by molar-refractivity contribution is -0.144. The monoisotopic (exact) mass is 300 g/mol. The van der Waals surface area contributed by atoms with E-state index >= 15 is 0 Å². The van der Waals surface area contributed by atoms with Crippen molar-refractivity contribution in [1.82, 2.24) is 5.32 Å². The van der Waals surface area contributed by atoms with Crippen molar-refractivity contribution in [1.29, 1.82) is 5.26 Å². The van der Waals surface area contributed by atoms with Crippen molar-refractivity contribution in [2.45, 2.75) is 20.8 Å². The molecule has 5 heteroatoms. The van der Waals surface area contributed by atoms with Crippen LogP contribution in [-0.2, 0) is 14.3 Å². The summed E-state index contributed by atoms with van der Waals surface area (Å²) in [5, 5.41) is 11.7. The van der Waals surface area contributed by atoms with Crippen LogP contribution in [0.25, 0.3) is 6.08 Å². The van der Waals surface area contributed by atoms with E-state index in [2.05, 4.69) is 5.32 Å². The molecule has 0 atom stereocenters. The Labute approximate surface area is 130 Å². The third-order valence-electron chi connectivity index (χ3n) is 2.77. The number of amides is 1. The number of nitrogens with zero attached hydrogens (tertiary/aromatic N) is 1. The molecule has 1 rings (SSSR count). The summed E-state index contributed by atoms with van der Waals surface area (Å²) in [5.41, 5.74) is 1.67. The quantitative estimate of drug-likeness (QED) is 0.496. The average Bonchev–Trinajstić information content (AvgIpc) is 2.50. The Morgan fingerprint density at radius 2 is 1.95 bits per heavy atom. The van der Waals surface area contributed by atoms with Gasteiger partial charge in [-0.15, -0.1) is 0 Å². The van der Waals surface area contributed by atoms with Gasteiger partial charge in [0.1, 0.15) is 11.6 Å². The number of esters is 1. The number of carbonyl (C=O) groups excluding carboxylic acids is 2. The highest BCUT2D eigenvalue weighted by Gasteiger charge is 2.13. The summed E-state index contributed by atoms with van der Waals surface area (Å²) in [6.45, 7) is 6.00. The van der Waals surface area contributed by atoms with E-state index in [9.17, 15) is 9.59 Å². The van der Waals surface area contributed by atoms with Gasteiger partial charge in [-0.25, -0.2) is 4.79 Å². The maximum Gasteiger partial charge on any atom is 0.349 e. The van der Waals surface area contributed by atoms with Gasteiger partial charge < -0.3 is 10.1 Å². The van der Waals surface area contributed by atoms with E-state index in [1.165, 1.54) is 6.08 Å². The summed E-state index contributed by atoms with van der Waals surface area (Å²) in [6, 6.07) is 9.16. The molecule has 0 aliphatic rings. The normalized spacial score (nSPS) is 11.0. The minimum atomic E-state index is -0.803. The molecule has 0 aliphatic carbocycles. The third-order valence-corrected chi connectivity index (χ3v) is 2.77. The molecule has 1 N–H and O–H groups in total. The third kappa shape index (κ3) is 6.23. The zero-order valence-electron chi connectivity index (χ0n) is 13.1. The van der Waals surface area contributed by atoms with Gasteiger partial charge in [0.05, 0.1) is 0 Å². The van der Waals surface area contributed by atoms with Gasteiger partial charge in [0.25, 0.3) is 5.91 Å². The van der Waals surface area contributed by atoms with Gasteiger partial charge in [0.2, 0.25) is 0 Å². The topological polar surface area (TPSA) is 79.2 Å². The van der Waals surface area contributed by atoms with E-state index in [-0.39, 0.29) is 11.5 Å². The minimum Gasteiger partial charge on any atom is -0.451 e. The van der Waals surface area contributed by atoms with E-state index in [0.717, 1.165) is 11.1 Å². The van der Waals surface area contributed by atoms with Crippen molar-refractivity contribution >= 4 is 18.0 Å². The SMILES string of the molecule is Cc1ccc(/C=C(\C#N)C(=O)OCC(=O)NCC(C)C)cc1. The molecule has 0 fully saturated rings. The average molecular weight is 300 g/mol. The van der Waals surface area contributed by atoms with E-state index in [4.69, 9.17) is 10.00 Å². The summed E-state index contributed by atoms with van der Waals surface area (Å²) in [4.78, 5) is 23.3. The van der Waals surface area contributed by atoms with Gasteiger partial charge in [-0.1, -0.05) is 43.7 Å². The first-order valence-electron chi connectivity index (χ1n) is 7.04. The molecule has 1 aromatic carbocycles. The van der Waals surface area contributed by atoms with Crippen LogP contribution in [0.5, 0.6) is 0 Å². The Kier molecular flexibility index (Phi) is 6.84. The van der Waals surface area contributed by atoms with Crippen molar-refractivity contribution in [3.8, 4) is 6.07 Å². The molecule has 1 amide bonds. The first-order valence-corrected chi connectivity index (χ1v) is 7.04. The van der Waals surface area contributed by atoms with Gasteiger partial charge in [-0.3, -0.25) is 4.79 Å². The number of aryl methyl sites for hydroxylation is 1. The molecule has 0 radical (unpaired) electrons. The molecule has 0 aromatic heterocycles. The largest absolute Gasteiger partial charge is 0.451 e. The number of benzene rings is 1. The van der Waals surface area contributed by atoms with Gasteiger partial charge >= 0.3 is 5.97 Å². The smallest absolute Gasteiger partial charge is 0.349 e. The van der Waals surface area contributed by atoms with Crippen LogP contribution in [0, 0.1) is 24.2 Å². The molecule has 116 valence electrons. The molecule has 0 saturated carbocycles. The fraction of sp³-hybridized carbons (Fsp3) is 0.353. The highest BCUT2D eigenvalue weighted by molar-refractivity contribution is 5.98. The van der Waals surface area contributed by atoms with Crippen molar-refractivity contribution in [2.75, 3.05) is 13.2 Å². The lowest BCUT2D eigenvalue weighted by atomic mass is 10.1. The fourth-order valence-electron chi connectivity index (χ4n) is 1.54. The van der Waals surface area contributed by atoms with Crippen LogP contribution in [0.15, 0.2) is 29.8 Å². The second kappa shape index (κ2) is 8.63. The number of rotatable bonds is 6. The summed E-state index contributed by atoms with van der Waals surface area (Å²) < 4.78 is 4.84. The Balaban J connectivity index is 2.60. The minimum absolute atomic E-state index is 0.138. The fourth-order valence-corrected chi connectivity index (χ4v) is 1.54. The maximum atomic E-state index is 11.8. The van der Waals surface area contributed by atoms with Crippen LogP contribution in [0.2, 0.25) is 0 Å². The highest BCUT2D eigenvalue weighted by atomic mass is 16.5. The van der Waals surface area contributed by atoms with E-state index in [1.54, 1.807) is 18.2 Å². The molecule has 1 aromatic rings. The van der Waals surface area contributed by atoms with Crippen LogP contribution in [0.1, 0.15) is 25.0 Å². The number of hydrogen-bond acceptors (Lipinski definition) is 4. The summed E-state index contributed by atoms with van der Waals surface area (Å²) in [5.74, 6) is -0.867. The summed E-state index contributed by atoms with van der Waals surface area (Å²) in [6.07, 6.45) is 1.44.